The Hall–Kier alpha value is -2.23. The molecule has 0 N–H and O–H groups in total. The minimum absolute atomic E-state index is 0.00987. The molecule has 1 aliphatic heterocycles. The Bertz CT molecular complexity index is 815. The maximum absolute atomic E-state index is 12.9. The Kier molecular flexibility index (Phi) is 5.64. The molecule has 27 heavy (non-hydrogen) atoms. The number of benzene rings is 1. The second-order valence-electron chi connectivity index (χ2n) is 6.29. The van der Waals surface area contributed by atoms with Crippen LogP contribution in [0.1, 0.15) is 11.4 Å². The Morgan fingerprint density at radius 3 is 2.48 bits per heavy atom. The van der Waals surface area contributed by atoms with E-state index in [1.165, 1.54) is 17.8 Å². The van der Waals surface area contributed by atoms with Gasteiger partial charge in [0.2, 0.25) is 5.91 Å². The van der Waals surface area contributed by atoms with Gasteiger partial charge in [0.15, 0.2) is 5.16 Å². The van der Waals surface area contributed by atoms with Crippen LogP contribution in [0.4, 0.5) is 18.9 Å². The number of hydrogen-bond acceptors (Lipinski definition) is 5. The van der Waals surface area contributed by atoms with Gasteiger partial charge in [-0.3, -0.25) is 4.79 Å². The van der Waals surface area contributed by atoms with Crippen molar-refractivity contribution in [3.63, 3.8) is 0 Å². The molecule has 1 aliphatic rings. The summed E-state index contributed by atoms with van der Waals surface area (Å²) in [7, 11) is 1.84. The maximum Gasteiger partial charge on any atom is 0.416 e. The van der Waals surface area contributed by atoms with Gasteiger partial charge in [-0.05, 0) is 25.1 Å². The number of aryl methyl sites for hydroxylation is 1. The van der Waals surface area contributed by atoms with Gasteiger partial charge >= 0.3 is 6.18 Å². The molecule has 0 bridgehead atoms. The number of carbonyl (C=O) groups is 1. The fourth-order valence-electron chi connectivity index (χ4n) is 2.82. The molecule has 146 valence electrons. The second-order valence-corrected chi connectivity index (χ2v) is 7.24. The van der Waals surface area contributed by atoms with E-state index in [0.717, 1.165) is 18.0 Å². The van der Waals surface area contributed by atoms with Gasteiger partial charge < -0.3 is 14.4 Å². The molecule has 0 aliphatic carbocycles. The van der Waals surface area contributed by atoms with E-state index in [2.05, 4.69) is 10.2 Å². The van der Waals surface area contributed by atoms with Crippen molar-refractivity contribution in [1.29, 1.82) is 0 Å². The van der Waals surface area contributed by atoms with E-state index in [0.29, 0.717) is 37.0 Å². The van der Waals surface area contributed by atoms with E-state index >= 15 is 0 Å². The van der Waals surface area contributed by atoms with Gasteiger partial charge in [-0.15, -0.1) is 10.2 Å². The van der Waals surface area contributed by atoms with Crippen molar-refractivity contribution >= 4 is 23.4 Å². The molecule has 0 unspecified atom stereocenters. The lowest BCUT2D eigenvalue weighted by atomic mass is 10.1. The molecule has 3 rings (SSSR count). The summed E-state index contributed by atoms with van der Waals surface area (Å²) in [6, 6.07) is 5.30. The number of nitrogens with zero attached hydrogens (tertiary/aromatic N) is 5. The first kappa shape index (κ1) is 19.5. The van der Waals surface area contributed by atoms with E-state index < -0.39 is 11.7 Å². The molecule has 0 atom stereocenters. The standard InChI is InChI=1S/C17H20F3N5OS/c1-12-21-22-16(23(12)2)27-11-15(26)25-8-6-24(7-9-25)14-5-3-4-13(10-14)17(18,19)20/h3-5,10H,6-9,11H2,1-2H3. The van der Waals surface area contributed by atoms with E-state index in [1.54, 1.807) is 11.0 Å². The minimum atomic E-state index is -4.36. The molecule has 0 spiro atoms. The van der Waals surface area contributed by atoms with Gasteiger partial charge in [-0.25, -0.2) is 0 Å². The van der Waals surface area contributed by atoms with Gasteiger partial charge in [0.05, 0.1) is 11.3 Å². The number of amides is 1. The van der Waals surface area contributed by atoms with Crippen molar-refractivity contribution in [3.8, 4) is 0 Å². The smallest absolute Gasteiger partial charge is 0.368 e. The monoisotopic (exact) mass is 399 g/mol. The molecule has 2 aromatic rings. The van der Waals surface area contributed by atoms with E-state index in [4.69, 9.17) is 0 Å². The lowest BCUT2D eigenvalue weighted by Gasteiger charge is -2.36. The van der Waals surface area contributed by atoms with E-state index in [1.807, 2.05) is 23.4 Å². The zero-order chi connectivity index (χ0) is 19.6. The summed E-state index contributed by atoms with van der Waals surface area (Å²) < 4.78 is 40.4. The summed E-state index contributed by atoms with van der Waals surface area (Å²) in [4.78, 5) is 16.0. The lowest BCUT2D eigenvalue weighted by molar-refractivity contribution is -0.137. The molecule has 2 heterocycles. The van der Waals surface area contributed by atoms with Crippen LogP contribution in [0, 0.1) is 6.92 Å². The number of rotatable bonds is 4. The maximum atomic E-state index is 12.9. The van der Waals surface area contributed by atoms with Crippen molar-refractivity contribution in [2.45, 2.75) is 18.3 Å². The van der Waals surface area contributed by atoms with Crippen LogP contribution in [0.25, 0.3) is 0 Å². The highest BCUT2D eigenvalue weighted by atomic mass is 32.2. The fraction of sp³-hybridized carbons (Fsp3) is 0.471. The normalized spacial score (nSPS) is 15.3. The van der Waals surface area contributed by atoms with Crippen LogP contribution in [0.15, 0.2) is 29.4 Å². The van der Waals surface area contributed by atoms with Crippen LogP contribution in [0.3, 0.4) is 0 Å². The van der Waals surface area contributed by atoms with E-state index in [9.17, 15) is 18.0 Å². The number of carbonyl (C=O) groups excluding carboxylic acids is 1. The zero-order valence-electron chi connectivity index (χ0n) is 15.0. The third-order valence-corrected chi connectivity index (χ3v) is 5.55. The predicted molar refractivity (Wildman–Crippen MR) is 96.7 cm³/mol. The number of hydrogen-bond donors (Lipinski definition) is 0. The van der Waals surface area contributed by atoms with Gasteiger partial charge in [0.25, 0.3) is 0 Å². The Labute approximate surface area is 159 Å². The summed E-state index contributed by atoms with van der Waals surface area (Å²) in [6.07, 6.45) is -4.36. The van der Waals surface area contributed by atoms with Gasteiger partial charge in [0, 0.05) is 38.9 Å². The molecular formula is C17H20F3N5OS. The first-order valence-electron chi connectivity index (χ1n) is 8.44. The average Bonchev–Trinajstić information content (AvgIpc) is 2.97. The molecule has 1 fully saturated rings. The number of piperazine rings is 1. The van der Waals surface area contributed by atoms with Crippen molar-refractivity contribution in [3.05, 3.63) is 35.7 Å². The molecule has 10 heteroatoms. The Morgan fingerprint density at radius 1 is 1.19 bits per heavy atom. The summed E-state index contributed by atoms with van der Waals surface area (Å²) in [5, 5.41) is 8.66. The summed E-state index contributed by atoms with van der Waals surface area (Å²) >= 11 is 1.33. The second kappa shape index (κ2) is 7.79. The number of halogens is 3. The molecule has 1 saturated heterocycles. The van der Waals surface area contributed by atoms with Crippen molar-refractivity contribution in [2.24, 2.45) is 7.05 Å². The summed E-state index contributed by atoms with van der Waals surface area (Å²) in [5.74, 6) is 1.03. The SMILES string of the molecule is Cc1nnc(SCC(=O)N2CCN(c3cccc(C(F)(F)F)c3)CC2)n1C. The highest BCUT2D eigenvalue weighted by molar-refractivity contribution is 7.99. The van der Waals surface area contributed by atoms with Crippen LogP contribution < -0.4 is 4.90 Å². The number of anilines is 1. The highest BCUT2D eigenvalue weighted by Crippen LogP contribution is 2.31. The van der Waals surface area contributed by atoms with Crippen LogP contribution in [-0.2, 0) is 18.0 Å². The first-order valence-corrected chi connectivity index (χ1v) is 9.43. The van der Waals surface area contributed by atoms with Crippen LogP contribution in [0.2, 0.25) is 0 Å². The van der Waals surface area contributed by atoms with E-state index in [-0.39, 0.29) is 11.7 Å². The molecule has 0 saturated carbocycles. The molecule has 1 amide bonds. The van der Waals surface area contributed by atoms with Gasteiger partial charge in [0.1, 0.15) is 5.82 Å². The minimum Gasteiger partial charge on any atom is -0.368 e. The van der Waals surface area contributed by atoms with Gasteiger partial charge in [-0.2, -0.15) is 13.2 Å². The Morgan fingerprint density at radius 2 is 1.89 bits per heavy atom. The van der Waals surface area contributed by atoms with Crippen LogP contribution in [-0.4, -0.2) is 57.5 Å². The predicted octanol–water partition coefficient (Wildman–Crippen LogP) is 2.58. The fourth-order valence-corrected chi connectivity index (χ4v) is 3.68. The quantitative estimate of drug-likeness (QED) is 0.740. The number of alkyl halides is 3. The van der Waals surface area contributed by atoms with Crippen LogP contribution in [0.5, 0.6) is 0 Å². The van der Waals surface area contributed by atoms with Crippen molar-refractivity contribution in [2.75, 3.05) is 36.8 Å². The largest absolute Gasteiger partial charge is 0.416 e. The van der Waals surface area contributed by atoms with Crippen molar-refractivity contribution < 1.29 is 18.0 Å². The van der Waals surface area contributed by atoms with Gasteiger partial charge in [-0.1, -0.05) is 17.8 Å². The summed E-state index contributed by atoms with van der Waals surface area (Å²) in [5.41, 5.74) is -0.130. The third-order valence-electron chi connectivity index (χ3n) is 4.55. The molecular weight excluding hydrogens is 379 g/mol. The molecule has 0 radical (unpaired) electrons. The average molecular weight is 399 g/mol. The molecule has 1 aromatic carbocycles. The highest BCUT2D eigenvalue weighted by Gasteiger charge is 2.31. The van der Waals surface area contributed by atoms with Crippen molar-refractivity contribution in [1.82, 2.24) is 19.7 Å². The number of aromatic nitrogens is 3. The Balaban J connectivity index is 1.54. The van der Waals surface area contributed by atoms with Crippen LogP contribution >= 0.6 is 11.8 Å². The zero-order valence-corrected chi connectivity index (χ0v) is 15.8. The summed E-state index contributed by atoms with van der Waals surface area (Å²) in [6.45, 7) is 3.80. The topological polar surface area (TPSA) is 54.3 Å². The number of thioether (sulfide) groups is 1. The molecule has 6 nitrogen and oxygen atoms in total. The first-order chi connectivity index (χ1) is 12.8. The third kappa shape index (κ3) is 4.55. The lowest BCUT2D eigenvalue weighted by Crippen LogP contribution is -2.49. The molecule has 1 aromatic heterocycles.